The Morgan fingerprint density at radius 2 is 1.96 bits per heavy atom. The highest BCUT2D eigenvalue weighted by molar-refractivity contribution is 5.95. The third-order valence-electron chi connectivity index (χ3n) is 3.25. The van der Waals surface area contributed by atoms with Crippen molar-refractivity contribution in [1.82, 2.24) is 20.6 Å². The maximum Gasteiger partial charge on any atom is 0.312 e. The van der Waals surface area contributed by atoms with Crippen LogP contribution in [0.25, 0.3) is 0 Å². The first kappa shape index (κ1) is 17.1. The number of aromatic nitrogens is 2. The second-order valence-corrected chi connectivity index (χ2v) is 4.92. The normalized spacial score (nSPS) is 10.3. The Labute approximate surface area is 135 Å². The standard InChI is InChI=1S/C14H14FN5O4/c1-8-13(20(23)24)9(2)19(18-8)7-12(21)16-17-14(22)10-5-3-4-6-11(10)15/h3-6H,7H2,1-2H3,(H,16,21)(H,17,22). The molecule has 2 rings (SSSR count). The molecule has 0 aliphatic carbocycles. The Morgan fingerprint density at radius 1 is 1.29 bits per heavy atom. The Bertz CT molecular complexity index is 817. The van der Waals surface area contributed by atoms with Crippen molar-refractivity contribution in [3.05, 3.63) is 57.1 Å². The fraction of sp³-hybridized carbons (Fsp3) is 0.214. The lowest BCUT2D eigenvalue weighted by molar-refractivity contribution is -0.386. The van der Waals surface area contributed by atoms with Crippen LogP contribution < -0.4 is 10.9 Å². The van der Waals surface area contributed by atoms with Gasteiger partial charge in [0, 0.05) is 0 Å². The van der Waals surface area contributed by atoms with E-state index < -0.39 is 22.6 Å². The maximum atomic E-state index is 13.4. The number of amides is 2. The molecule has 0 saturated carbocycles. The summed E-state index contributed by atoms with van der Waals surface area (Å²) in [5.41, 5.74) is 4.18. The minimum Gasteiger partial charge on any atom is -0.271 e. The molecule has 2 amide bonds. The van der Waals surface area contributed by atoms with E-state index in [1.807, 2.05) is 0 Å². The van der Waals surface area contributed by atoms with Gasteiger partial charge in [-0.2, -0.15) is 5.10 Å². The maximum absolute atomic E-state index is 13.4. The van der Waals surface area contributed by atoms with Gasteiger partial charge in [0.2, 0.25) is 0 Å². The van der Waals surface area contributed by atoms with Gasteiger partial charge < -0.3 is 0 Å². The topological polar surface area (TPSA) is 119 Å². The van der Waals surface area contributed by atoms with Gasteiger partial charge in [0.25, 0.3) is 11.8 Å². The number of halogens is 1. The van der Waals surface area contributed by atoms with Crippen molar-refractivity contribution >= 4 is 17.5 Å². The van der Waals surface area contributed by atoms with Crippen molar-refractivity contribution in [3.8, 4) is 0 Å². The summed E-state index contributed by atoms with van der Waals surface area (Å²) in [6.07, 6.45) is 0. The Kier molecular flexibility index (Phi) is 4.87. The van der Waals surface area contributed by atoms with E-state index in [2.05, 4.69) is 16.0 Å². The summed E-state index contributed by atoms with van der Waals surface area (Å²) < 4.78 is 14.6. The highest BCUT2D eigenvalue weighted by Gasteiger charge is 2.22. The fourth-order valence-corrected chi connectivity index (χ4v) is 2.12. The minimum absolute atomic E-state index is 0.168. The number of carbonyl (C=O) groups is 2. The quantitative estimate of drug-likeness (QED) is 0.638. The molecule has 126 valence electrons. The number of hydrogen-bond acceptors (Lipinski definition) is 5. The predicted octanol–water partition coefficient (Wildman–Crippen LogP) is 1.01. The van der Waals surface area contributed by atoms with Gasteiger partial charge in [0.15, 0.2) is 0 Å². The van der Waals surface area contributed by atoms with Crippen LogP contribution in [-0.2, 0) is 11.3 Å². The molecule has 1 heterocycles. The van der Waals surface area contributed by atoms with E-state index >= 15 is 0 Å². The van der Waals surface area contributed by atoms with Gasteiger partial charge in [0.05, 0.1) is 10.5 Å². The summed E-state index contributed by atoms with van der Waals surface area (Å²) >= 11 is 0. The Morgan fingerprint density at radius 3 is 2.54 bits per heavy atom. The first-order valence-corrected chi connectivity index (χ1v) is 6.83. The molecule has 0 aliphatic rings. The number of nitrogens with zero attached hydrogens (tertiary/aromatic N) is 3. The lowest BCUT2D eigenvalue weighted by Gasteiger charge is -2.08. The molecule has 0 unspecified atom stereocenters. The van der Waals surface area contributed by atoms with E-state index in [1.54, 1.807) is 0 Å². The fourth-order valence-electron chi connectivity index (χ4n) is 2.12. The predicted molar refractivity (Wildman–Crippen MR) is 80.4 cm³/mol. The minimum atomic E-state index is -0.819. The Balaban J connectivity index is 2.00. The molecule has 0 aliphatic heterocycles. The van der Waals surface area contributed by atoms with E-state index in [1.165, 1.54) is 32.0 Å². The number of aryl methyl sites for hydroxylation is 1. The summed E-state index contributed by atoms with van der Waals surface area (Å²) in [5.74, 6) is -2.21. The van der Waals surface area contributed by atoms with Crippen LogP contribution >= 0.6 is 0 Å². The van der Waals surface area contributed by atoms with E-state index in [0.29, 0.717) is 0 Å². The molecule has 0 atom stereocenters. The summed E-state index contributed by atoms with van der Waals surface area (Å²) in [5, 5.41) is 14.8. The van der Waals surface area contributed by atoms with Crippen LogP contribution in [-0.4, -0.2) is 26.5 Å². The number of benzene rings is 1. The summed E-state index contributed by atoms with van der Waals surface area (Å²) in [4.78, 5) is 33.9. The molecular weight excluding hydrogens is 321 g/mol. The number of carbonyl (C=O) groups excluding carboxylic acids is 2. The van der Waals surface area contributed by atoms with Crippen molar-refractivity contribution < 1.29 is 18.9 Å². The largest absolute Gasteiger partial charge is 0.312 e. The number of nitrogens with one attached hydrogen (secondary N) is 2. The molecule has 2 aromatic rings. The van der Waals surface area contributed by atoms with E-state index in [4.69, 9.17) is 0 Å². The molecule has 1 aromatic heterocycles. The van der Waals surface area contributed by atoms with Gasteiger partial charge in [-0.05, 0) is 26.0 Å². The van der Waals surface area contributed by atoms with E-state index in [-0.39, 0.29) is 29.2 Å². The second-order valence-electron chi connectivity index (χ2n) is 4.92. The third-order valence-corrected chi connectivity index (χ3v) is 3.25. The molecule has 0 spiro atoms. The summed E-state index contributed by atoms with van der Waals surface area (Å²) in [6.45, 7) is 2.58. The molecule has 24 heavy (non-hydrogen) atoms. The van der Waals surface area contributed by atoms with E-state index in [9.17, 15) is 24.1 Å². The highest BCUT2D eigenvalue weighted by Crippen LogP contribution is 2.21. The van der Waals surface area contributed by atoms with Crippen LogP contribution in [0.15, 0.2) is 24.3 Å². The van der Waals surface area contributed by atoms with Crippen LogP contribution in [0.3, 0.4) is 0 Å². The van der Waals surface area contributed by atoms with Crippen molar-refractivity contribution in [2.75, 3.05) is 0 Å². The van der Waals surface area contributed by atoms with Gasteiger partial charge in [-0.1, -0.05) is 12.1 Å². The van der Waals surface area contributed by atoms with E-state index in [0.717, 1.165) is 10.7 Å². The number of nitro groups is 1. The SMILES string of the molecule is Cc1nn(CC(=O)NNC(=O)c2ccccc2F)c(C)c1[N+](=O)[O-]. The number of hydrazine groups is 1. The highest BCUT2D eigenvalue weighted by atomic mass is 19.1. The molecule has 2 N–H and O–H groups in total. The van der Waals surface area contributed by atoms with Gasteiger partial charge in [0.1, 0.15) is 23.7 Å². The zero-order valence-electron chi connectivity index (χ0n) is 12.9. The van der Waals surface area contributed by atoms with Crippen LogP contribution in [0.1, 0.15) is 21.7 Å². The van der Waals surface area contributed by atoms with Crippen molar-refractivity contribution in [1.29, 1.82) is 0 Å². The zero-order chi connectivity index (χ0) is 17.9. The van der Waals surface area contributed by atoms with Crippen LogP contribution in [0, 0.1) is 29.8 Å². The van der Waals surface area contributed by atoms with Gasteiger partial charge in [-0.15, -0.1) is 0 Å². The van der Waals surface area contributed by atoms with Gasteiger partial charge >= 0.3 is 5.69 Å². The lowest BCUT2D eigenvalue weighted by atomic mass is 10.2. The molecule has 0 fully saturated rings. The monoisotopic (exact) mass is 335 g/mol. The number of rotatable bonds is 4. The van der Waals surface area contributed by atoms with Crippen molar-refractivity contribution in [3.63, 3.8) is 0 Å². The molecule has 0 radical (unpaired) electrons. The average molecular weight is 335 g/mol. The molecule has 0 bridgehead atoms. The molecule has 9 nitrogen and oxygen atoms in total. The first-order valence-electron chi connectivity index (χ1n) is 6.83. The van der Waals surface area contributed by atoms with Gasteiger partial charge in [-0.3, -0.25) is 35.2 Å². The average Bonchev–Trinajstić information content (AvgIpc) is 2.79. The van der Waals surface area contributed by atoms with Crippen molar-refractivity contribution in [2.45, 2.75) is 20.4 Å². The van der Waals surface area contributed by atoms with Crippen molar-refractivity contribution in [2.24, 2.45) is 0 Å². The first-order chi connectivity index (χ1) is 11.3. The molecular formula is C14H14FN5O4. The molecule has 10 heteroatoms. The Hall–Kier alpha value is -3.30. The summed E-state index contributed by atoms with van der Waals surface area (Å²) in [6, 6.07) is 5.29. The van der Waals surface area contributed by atoms with Crippen LogP contribution in [0.5, 0.6) is 0 Å². The van der Waals surface area contributed by atoms with Crippen LogP contribution in [0.4, 0.5) is 10.1 Å². The third kappa shape index (κ3) is 3.54. The molecule has 0 saturated heterocycles. The smallest absolute Gasteiger partial charge is 0.271 e. The number of hydrogen-bond donors (Lipinski definition) is 2. The lowest BCUT2D eigenvalue weighted by Crippen LogP contribution is -2.43. The molecule has 1 aromatic carbocycles. The van der Waals surface area contributed by atoms with Gasteiger partial charge in [-0.25, -0.2) is 4.39 Å². The van der Waals surface area contributed by atoms with Crippen LogP contribution in [0.2, 0.25) is 0 Å². The zero-order valence-corrected chi connectivity index (χ0v) is 12.9. The summed E-state index contributed by atoms with van der Waals surface area (Å²) in [7, 11) is 0. The second kappa shape index (κ2) is 6.86.